The van der Waals surface area contributed by atoms with E-state index in [9.17, 15) is 14.9 Å². The molecule has 1 aliphatic heterocycles. The fourth-order valence-corrected chi connectivity index (χ4v) is 2.23. The van der Waals surface area contributed by atoms with E-state index in [0.717, 1.165) is 19.5 Å². The van der Waals surface area contributed by atoms with Gasteiger partial charge in [-0.05, 0) is 26.1 Å². The van der Waals surface area contributed by atoms with Crippen molar-refractivity contribution in [2.75, 3.05) is 33.2 Å². The molecule has 0 radical (unpaired) electrons. The summed E-state index contributed by atoms with van der Waals surface area (Å²) in [6, 6.07) is 6.13. The zero-order valence-corrected chi connectivity index (χ0v) is 10.9. The monoisotopic (exact) mass is 263 g/mol. The molecular weight excluding hydrogens is 246 g/mol. The van der Waals surface area contributed by atoms with Gasteiger partial charge in [0.05, 0.1) is 4.92 Å². The van der Waals surface area contributed by atoms with Crippen LogP contribution in [0.5, 0.6) is 0 Å². The van der Waals surface area contributed by atoms with Crippen LogP contribution in [0.4, 0.5) is 5.69 Å². The average Bonchev–Trinajstić information content (AvgIpc) is 2.62. The van der Waals surface area contributed by atoms with Gasteiger partial charge in [0.2, 0.25) is 0 Å². The Hall–Kier alpha value is -1.95. The predicted molar refractivity (Wildman–Crippen MR) is 71.1 cm³/mol. The summed E-state index contributed by atoms with van der Waals surface area (Å²) in [5.74, 6) is -0.248. The number of hydrogen-bond acceptors (Lipinski definition) is 4. The lowest BCUT2D eigenvalue weighted by molar-refractivity contribution is -0.385. The van der Waals surface area contributed by atoms with Gasteiger partial charge >= 0.3 is 0 Å². The van der Waals surface area contributed by atoms with Crippen molar-refractivity contribution in [2.45, 2.75) is 6.42 Å². The third-order valence-corrected chi connectivity index (χ3v) is 3.34. The van der Waals surface area contributed by atoms with E-state index >= 15 is 0 Å². The van der Waals surface area contributed by atoms with Gasteiger partial charge in [0.15, 0.2) is 0 Å². The molecule has 102 valence electrons. The van der Waals surface area contributed by atoms with E-state index in [1.807, 2.05) is 7.05 Å². The topological polar surface area (TPSA) is 66.7 Å². The van der Waals surface area contributed by atoms with Gasteiger partial charge in [0, 0.05) is 25.7 Å². The first kappa shape index (κ1) is 13.5. The van der Waals surface area contributed by atoms with E-state index < -0.39 is 4.92 Å². The summed E-state index contributed by atoms with van der Waals surface area (Å²) >= 11 is 0. The van der Waals surface area contributed by atoms with Crippen molar-refractivity contribution in [1.29, 1.82) is 0 Å². The lowest BCUT2D eigenvalue weighted by atomic mass is 10.1. The Morgan fingerprint density at radius 1 is 1.21 bits per heavy atom. The Kier molecular flexibility index (Phi) is 4.11. The number of rotatable bonds is 2. The van der Waals surface area contributed by atoms with Gasteiger partial charge in [-0.2, -0.15) is 0 Å². The third kappa shape index (κ3) is 3.08. The second-order valence-electron chi connectivity index (χ2n) is 4.72. The number of amides is 1. The van der Waals surface area contributed by atoms with E-state index in [1.165, 1.54) is 12.1 Å². The van der Waals surface area contributed by atoms with E-state index in [4.69, 9.17) is 0 Å². The zero-order chi connectivity index (χ0) is 13.8. The van der Waals surface area contributed by atoms with Crippen LogP contribution >= 0.6 is 0 Å². The first-order valence-corrected chi connectivity index (χ1v) is 6.31. The molecule has 1 aliphatic rings. The van der Waals surface area contributed by atoms with Crippen LogP contribution in [-0.2, 0) is 0 Å². The molecule has 1 amide bonds. The number of para-hydroxylation sites is 1. The second-order valence-corrected chi connectivity index (χ2v) is 4.72. The van der Waals surface area contributed by atoms with Crippen LogP contribution in [0, 0.1) is 10.1 Å². The molecule has 19 heavy (non-hydrogen) atoms. The summed E-state index contributed by atoms with van der Waals surface area (Å²) in [7, 11) is 2.01. The molecular formula is C13H17N3O3. The maximum absolute atomic E-state index is 12.4. The summed E-state index contributed by atoms with van der Waals surface area (Å²) in [5.41, 5.74) is 0.0576. The largest absolute Gasteiger partial charge is 0.337 e. The molecule has 6 heteroatoms. The predicted octanol–water partition coefficient (Wildman–Crippen LogP) is 1.37. The molecule has 0 N–H and O–H groups in total. The van der Waals surface area contributed by atoms with Crippen LogP contribution in [0.1, 0.15) is 16.8 Å². The number of nitrogens with zero attached hydrogens (tertiary/aromatic N) is 3. The van der Waals surface area contributed by atoms with E-state index in [2.05, 4.69) is 4.90 Å². The maximum Gasteiger partial charge on any atom is 0.282 e. The summed E-state index contributed by atoms with van der Waals surface area (Å²) < 4.78 is 0. The number of benzene rings is 1. The summed E-state index contributed by atoms with van der Waals surface area (Å²) in [4.78, 5) is 26.7. The Morgan fingerprint density at radius 2 is 1.95 bits per heavy atom. The Morgan fingerprint density at radius 3 is 2.68 bits per heavy atom. The number of carbonyl (C=O) groups is 1. The lowest BCUT2D eigenvalue weighted by Crippen LogP contribution is -2.34. The van der Waals surface area contributed by atoms with Crippen LogP contribution in [0.15, 0.2) is 24.3 Å². The van der Waals surface area contributed by atoms with Crippen molar-refractivity contribution in [2.24, 2.45) is 0 Å². The quantitative estimate of drug-likeness (QED) is 0.597. The minimum absolute atomic E-state index is 0.120. The SMILES string of the molecule is CN1CCCN(C(=O)c2ccccc2[N+](=O)[O-])CC1. The van der Waals surface area contributed by atoms with Crippen LogP contribution in [0.2, 0.25) is 0 Å². The Balaban J connectivity index is 2.21. The molecule has 1 aromatic carbocycles. The molecule has 6 nitrogen and oxygen atoms in total. The molecule has 1 aromatic rings. The van der Waals surface area contributed by atoms with Crippen molar-refractivity contribution in [3.05, 3.63) is 39.9 Å². The third-order valence-electron chi connectivity index (χ3n) is 3.34. The Labute approximate surface area is 111 Å². The molecule has 2 rings (SSSR count). The number of nitro benzene ring substituents is 1. The molecule has 0 atom stereocenters. The van der Waals surface area contributed by atoms with Crippen LogP contribution in [-0.4, -0.2) is 53.9 Å². The van der Waals surface area contributed by atoms with Crippen LogP contribution < -0.4 is 0 Å². The molecule has 0 aromatic heterocycles. The number of likely N-dealkylation sites (N-methyl/N-ethyl adjacent to an activating group) is 1. The molecule has 0 aliphatic carbocycles. The first-order valence-electron chi connectivity index (χ1n) is 6.31. The van der Waals surface area contributed by atoms with Crippen molar-refractivity contribution in [3.63, 3.8) is 0 Å². The molecule has 0 unspecified atom stereocenters. The highest BCUT2D eigenvalue weighted by molar-refractivity contribution is 5.98. The van der Waals surface area contributed by atoms with E-state index in [-0.39, 0.29) is 17.2 Å². The summed E-state index contributed by atoms with van der Waals surface area (Å²) in [6.07, 6.45) is 0.892. The van der Waals surface area contributed by atoms with Gasteiger partial charge in [-0.3, -0.25) is 14.9 Å². The zero-order valence-electron chi connectivity index (χ0n) is 10.9. The average molecular weight is 263 g/mol. The maximum atomic E-state index is 12.4. The van der Waals surface area contributed by atoms with Crippen LogP contribution in [0.3, 0.4) is 0 Å². The van der Waals surface area contributed by atoms with Crippen molar-refractivity contribution < 1.29 is 9.72 Å². The number of carbonyl (C=O) groups excluding carboxylic acids is 1. The standard InChI is InChI=1S/C13H17N3O3/c1-14-7-4-8-15(10-9-14)13(17)11-5-2-3-6-12(11)16(18)19/h2-3,5-6H,4,7-10H2,1H3. The van der Waals surface area contributed by atoms with Crippen molar-refractivity contribution in [3.8, 4) is 0 Å². The molecule has 1 heterocycles. The van der Waals surface area contributed by atoms with Gasteiger partial charge in [-0.25, -0.2) is 0 Å². The highest BCUT2D eigenvalue weighted by atomic mass is 16.6. The van der Waals surface area contributed by atoms with Crippen molar-refractivity contribution in [1.82, 2.24) is 9.80 Å². The highest BCUT2D eigenvalue weighted by Gasteiger charge is 2.25. The van der Waals surface area contributed by atoms with E-state index in [0.29, 0.717) is 13.1 Å². The molecule has 0 bridgehead atoms. The normalized spacial score (nSPS) is 17.0. The molecule has 1 saturated heterocycles. The lowest BCUT2D eigenvalue weighted by Gasteiger charge is -2.20. The van der Waals surface area contributed by atoms with Gasteiger partial charge in [-0.15, -0.1) is 0 Å². The molecule has 0 saturated carbocycles. The molecule has 1 fully saturated rings. The van der Waals surface area contributed by atoms with Gasteiger partial charge < -0.3 is 9.80 Å². The first-order chi connectivity index (χ1) is 9.09. The fourth-order valence-electron chi connectivity index (χ4n) is 2.23. The smallest absolute Gasteiger partial charge is 0.282 e. The Bertz CT molecular complexity index is 490. The minimum Gasteiger partial charge on any atom is -0.337 e. The second kappa shape index (κ2) is 5.79. The molecule has 0 spiro atoms. The highest BCUT2D eigenvalue weighted by Crippen LogP contribution is 2.20. The number of nitro groups is 1. The van der Waals surface area contributed by atoms with Crippen LogP contribution in [0.25, 0.3) is 0 Å². The summed E-state index contributed by atoms with van der Waals surface area (Å²) in [6.45, 7) is 3.00. The van der Waals surface area contributed by atoms with Crippen molar-refractivity contribution >= 4 is 11.6 Å². The van der Waals surface area contributed by atoms with Gasteiger partial charge in [-0.1, -0.05) is 12.1 Å². The van der Waals surface area contributed by atoms with Gasteiger partial charge in [0.1, 0.15) is 5.56 Å². The summed E-state index contributed by atoms with van der Waals surface area (Å²) in [5, 5.41) is 11.0. The number of hydrogen-bond donors (Lipinski definition) is 0. The van der Waals surface area contributed by atoms with E-state index in [1.54, 1.807) is 17.0 Å². The minimum atomic E-state index is -0.503. The fraction of sp³-hybridized carbons (Fsp3) is 0.462. The van der Waals surface area contributed by atoms with Gasteiger partial charge in [0.25, 0.3) is 11.6 Å².